The van der Waals surface area contributed by atoms with Crippen molar-refractivity contribution in [3.8, 4) is 11.1 Å². The maximum atomic E-state index is 12.6. The van der Waals surface area contributed by atoms with Crippen LogP contribution in [-0.2, 0) is 4.79 Å². The number of benzene rings is 1. The van der Waals surface area contributed by atoms with Crippen molar-refractivity contribution >= 4 is 17.4 Å². The van der Waals surface area contributed by atoms with Crippen molar-refractivity contribution in [2.45, 2.75) is 39.3 Å². The molecule has 2 heterocycles. The zero-order chi connectivity index (χ0) is 20.4. The standard InChI is InChI=1S/C22H29N3O3/c1-14(2)22(28)24(4)20-11-23-21(25-12-17(27)9-16(25)13-26)10-19(20)18-8-6-5-7-15(18)3/h5-8,10-11,14,16-17,26-27H,9,12-13H2,1-4H3. The minimum Gasteiger partial charge on any atom is -0.394 e. The van der Waals surface area contributed by atoms with E-state index >= 15 is 0 Å². The second-order valence-corrected chi connectivity index (χ2v) is 7.80. The third-order valence-corrected chi connectivity index (χ3v) is 5.39. The summed E-state index contributed by atoms with van der Waals surface area (Å²) in [6.45, 7) is 6.20. The molecule has 6 heteroatoms. The molecule has 28 heavy (non-hydrogen) atoms. The van der Waals surface area contributed by atoms with Crippen molar-refractivity contribution in [2.75, 3.05) is 30.0 Å². The van der Waals surface area contributed by atoms with Crippen LogP contribution in [0, 0.1) is 12.8 Å². The highest BCUT2D eigenvalue weighted by molar-refractivity contribution is 5.98. The second-order valence-electron chi connectivity index (χ2n) is 7.80. The van der Waals surface area contributed by atoms with Gasteiger partial charge in [0.15, 0.2) is 0 Å². The molecule has 2 atom stereocenters. The number of β-amino-alcohol motifs (C(OH)–C–C–N with tert-alkyl or cyclic N) is 1. The van der Waals surface area contributed by atoms with Gasteiger partial charge in [-0.15, -0.1) is 0 Å². The van der Waals surface area contributed by atoms with Crippen molar-refractivity contribution in [2.24, 2.45) is 5.92 Å². The van der Waals surface area contributed by atoms with Crippen LogP contribution in [0.25, 0.3) is 11.1 Å². The van der Waals surface area contributed by atoms with Gasteiger partial charge in [-0.3, -0.25) is 4.79 Å². The number of aliphatic hydroxyl groups excluding tert-OH is 2. The van der Waals surface area contributed by atoms with Crippen LogP contribution < -0.4 is 9.80 Å². The molecule has 2 N–H and O–H groups in total. The van der Waals surface area contributed by atoms with Crippen LogP contribution in [0.5, 0.6) is 0 Å². The summed E-state index contributed by atoms with van der Waals surface area (Å²) < 4.78 is 0. The van der Waals surface area contributed by atoms with Gasteiger partial charge in [0.25, 0.3) is 0 Å². The molecule has 1 amide bonds. The fraction of sp³-hybridized carbons (Fsp3) is 0.455. The van der Waals surface area contributed by atoms with Crippen molar-refractivity contribution in [3.05, 3.63) is 42.1 Å². The van der Waals surface area contributed by atoms with E-state index in [1.807, 2.05) is 56.0 Å². The quantitative estimate of drug-likeness (QED) is 0.830. The Morgan fingerprint density at radius 2 is 2.04 bits per heavy atom. The number of amides is 1. The number of carbonyl (C=O) groups is 1. The number of anilines is 2. The highest BCUT2D eigenvalue weighted by Crippen LogP contribution is 2.36. The largest absolute Gasteiger partial charge is 0.394 e. The predicted octanol–water partition coefficient (Wildman–Crippen LogP) is 2.61. The maximum absolute atomic E-state index is 12.6. The van der Waals surface area contributed by atoms with Crippen molar-refractivity contribution in [1.82, 2.24) is 4.98 Å². The molecule has 1 aromatic heterocycles. The highest BCUT2D eigenvalue weighted by atomic mass is 16.3. The molecule has 150 valence electrons. The number of carbonyl (C=O) groups excluding carboxylic acids is 1. The van der Waals surface area contributed by atoms with Gasteiger partial charge in [-0.1, -0.05) is 38.1 Å². The Labute approximate surface area is 166 Å². The first-order valence-corrected chi connectivity index (χ1v) is 9.72. The lowest BCUT2D eigenvalue weighted by atomic mass is 9.99. The Morgan fingerprint density at radius 3 is 2.68 bits per heavy atom. The SMILES string of the molecule is Cc1ccccc1-c1cc(N2CC(O)CC2CO)ncc1N(C)C(=O)C(C)C. The highest BCUT2D eigenvalue weighted by Gasteiger charge is 2.32. The lowest BCUT2D eigenvalue weighted by Crippen LogP contribution is -2.34. The van der Waals surface area contributed by atoms with Gasteiger partial charge in [0.05, 0.1) is 30.6 Å². The first-order chi connectivity index (χ1) is 13.3. The van der Waals surface area contributed by atoms with E-state index in [0.29, 0.717) is 18.8 Å². The van der Waals surface area contributed by atoms with E-state index in [1.165, 1.54) is 0 Å². The number of aryl methyl sites for hydroxylation is 1. The van der Waals surface area contributed by atoms with E-state index in [0.717, 1.165) is 22.4 Å². The van der Waals surface area contributed by atoms with Gasteiger partial charge in [-0.2, -0.15) is 0 Å². The molecular formula is C22H29N3O3. The predicted molar refractivity (Wildman–Crippen MR) is 112 cm³/mol. The fourth-order valence-corrected chi connectivity index (χ4v) is 3.80. The van der Waals surface area contributed by atoms with Crippen LogP contribution in [0.3, 0.4) is 0 Å². The topological polar surface area (TPSA) is 76.9 Å². The van der Waals surface area contributed by atoms with E-state index in [4.69, 9.17) is 0 Å². The lowest BCUT2D eigenvalue weighted by Gasteiger charge is -2.27. The molecule has 3 rings (SSSR count). The smallest absolute Gasteiger partial charge is 0.229 e. The number of aromatic nitrogens is 1. The molecule has 1 aliphatic heterocycles. The van der Waals surface area contributed by atoms with Gasteiger partial charge >= 0.3 is 0 Å². The van der Waals surface area contributed by atoms with Crippen LogP contribution in [0.1, 0.15) is 25.8 Å². The van der Waals surface area contributed by atoms with Crippen LogP contribution >= 0.6 is 0 Å². The average Bonchev–Trinajstić information content (AvgIpc) is 3.07. The molecule has 0 radical (unpaired) electrons. The molecule has 2 unspecified atom stereocenters. The summed E-state index contributed by atoms with van der Waals surface area (Å²) >= 11 is 0. The van der Waals surface area contributed by atoms with Crippen LogP contribution in [0.15, 0.2) is 36.5 Å². The zero-order valence-corrected chi connectivity index (χ0v) is 17.0. The molecule has 0 bridgehead atoms. The third-order valence-electron chi connectivity index (χ3n) is 5.39. The summed E-state index contributed by atoms with van der Waals surface area (Å²) in [6.07, 6.45) is 1.76. The molecule has 0 aliphatic carbocycles. The van der Waals surface area contributed by atoms with E-state index in [2.05, 4.69) is 4.98 Å². The average molecular weight is 383 g/mol. The van der Waals surface area contributed by atoms with Gasteiger partial charge in [0.2, 0.25) is 5.91 Å². The molecule has 1 saturated heterocycles. The molecule has 1 aromatic carbocycles. The number of pyridine rings is 1. The minimum absolute atomic E-state index is 0.0224. The molecule has 1 aliphatic rings. The Kier molecular flexibility index (Phi) is 6.01. The third kappa shape index (κ3) is 3.88. The Hall–Kier alpha value is -2.44. The number of hydrogen-bond acceptors (Lipinski definition) is 5. The molecular weight excluding hydrogens is 354 g/mol. The maximum Gasteiger partial charge on any atom is 0.229 e. The Balaban J connectivity index is 2.11. The van der Waals surface area contributed by atoms with Crippen molar-refractivity contribution in [3.63, 3.8) is 0 Å². The first-order valence-electron chi connectivity index (χ1n) is 9.72. The molecule has 6 nitrogen and oxygen atoms in total. The van der Waals surface area contributed by atoms with Crippen molar-refractivity contribution in [1.29, 1.82) is 0 Å². The lowest BCUT2D eigenvalue weighted by molar-refractivity contribution is -0.121. The Bertz CT molecular complexity index is 853. The molecule has 1 fully saturated rings. The summed E-state index contributed by atoms with van der Waals surface area (Å²) in [5.74, 6) is 0.596. The zero-order valence-electron chi connectivity index (χ0n) is 17.0. The normalized spacial score (nSPS) is 19.3. The number of nitrogens with zero attached hydrogens (tertiary/aromatic N) is 3. The molecule has 2 aromatic rings. The first kappa shape index (κ1) is 20.3. The number of rotatable bonds is 5. The summed E-state index contributed by atoms with van der Waals surface area (Å²) in [7, 11) is 1.77. The van der Waals surface area contributed by atoms with Gasteiger partial charge in [-0.25, -0.2) is 4.98 Å². The van der Waals surface area contributed by atoms with Gasteiger partial charge in [0.1, 0.15) is 5.82 Å². The minimum atomic E-state index is -0.481. The molecule has 0 saturated carbocycles. The van der Waals surface area contributed by atoms with Gasteiger partial charge in [-0.05, 0) is 30.5 Å². The van der Waals surface area contributed by atoms with E-state index < -0.39 is 6.10 Å². The van der Waals surface area contributed by atoms with Gasteiger partial charge < -0.3 is 20.0 Å². The van der Waals surface area contributed by atoms with Crippen LogP contribution in [0.4, 0.5) is 11.5 Å². The van der Waals surface area contributed by atoms with E-state index in [1.54, 1.807) is 18.1 Å². The van der Waals surface area contributed by atoms with Crippen LogP contribution in [-0.4, -0.2) is 53.4 Å². The summed E-state index contributed by atoms with van der Waals surface area (Å²) in [5.41, 5.74) is 3.80. The fourth-order valence-electron chi connectivity index (χ4n) is 3.80. The monoisotopic (exact) mass is 383 g/mol. The summed E-state index contributed by atoms with van der Waals surface area (Å²) in [5, 5.41) is 19.7. The van der Waals surface area contributed by atoms with E-state index in [-0.39, 0.29) is 24.5 Å². The molecule has 0 spiro atoms. The Morgan fingerprint density at radius 1 is 1.32 bits per heavy atom. The van der Waals surface area contributed by atoms with E-state index in [9.17, 15) is 15.0 Å². The number of aliphatic hydroxyl groups is 2. The summed E-state index contributed by atoms with van der Waals surface area (Å²) in [6, 6.07) is 9.85. The van der Waals surface area contributed by atoms with Gasteiger partial charge in [0, 0.05) is 25.1 Å². The number of hydrogen-bond donors (Lipinski definition) is 2. The van der Waals surface area contributed by atoms with Crippen molar-refractivity contribution < 1.29 is 15.0 Å². The summed E-state index contributed by atoms with van der Waals surface area (Å²) in [4.78, 5) is 20.8. The van der Waals surface area contributed by atoms with Crippen LogP contribution in [0.2, 0.25) is 0 Å². The second kappa shape index (κ2) is 8.29.